The molecule has 1 amide bonds. The van der Waals surface area contributed by atoms with Gasteiger partial charge in [-0.1, -0.05) is 17.8 Å². The van der Waals surface area contributed by atoms with Crippen LogP contribution in [-0.2, 0) is 4.79 Å². The second-order valence-corrected chi connectivity index (χ2v) is 8.63. The molecule has 0 spiro atoms. The van der Waals surface area contributed by atoms with Gasteiger partial charge in [0.25, 0.3) is 0 Å². The van der Waals surface area contributed by atoms with E-state index in [9.17, 15) is 4.79 Å². The average molecular weight is 460 g/mol. The average Bonchev–Trinajstić information content (AvgIpc) is 3.53. The highest BCUT2D eigenvalue weighted by Crippen LogP contribution is 2.35. The largest absolute Gasteiger partial charge is 0.497 e. The number of aromatic nitrogens is 4. The van der Waals surface area contributed by atoms with Crippen molar-refractivity contribution in [3.63, 3.8) is 0 Å². The zero-order valence-electron chi connectivity index (χ0n) is 16.0. The lowest BCUT2D eigenvalue weighted by Gasteiger charge is -2.08. The minimum Gasteiger partial charge on any atom is -0.497 e. The summed E-state index contributed by atoms with van der Waals surface area (Å²) in [5, 5.41) is 14.7. The van der Waals surface area contributed by atoms with Gasteiger partial charge >= 0.3 is 0 Å². The van der Waals surface area contributed by atoms with E-state index in [2.05, 4.69) is 25.5 Å². The van der Waals surface area contributed by atoms with Gasteiger partial charge in [0, 0.05) is 17.0 Å². The van der Waals surface area contributed by atoms with Crippen LogP contribution in [0.25, 0.3) is 22.0 Å². The third-order valence-corrected chi connectivity index (χ3v) is 6.47. The Hall–Kier alpha value is -2.89. The predicted molar refractivity (Wildman–Crippen MR) is 120 cm³/mol. The van der Waals surface area contributed by atoms with Crippen LogP contribution >= 0.6 is 34.4 Å². The Morgan fingerprint density at radius 2 is 2.10 bits per heavy atom. The van der Waals surface area contributed by atoms with Crippen molar-refractivity contribution in [2.75, 3.05) is 25.3 Å². The number of hydrogen-bond donors (Lipinski definition) is 2. The summed E-state index contributed by atoms with van der Waals surface area (Å²) in [5.41, 5.74) is 1.54. The molecule has 0 unspecified atom stereocenters. The first-order valence-electron chi connectivity index (χ1n) is 8.73. The monoisotopic (exact) mass is 459 g/mol. The van der Waals surface area contributed by atoms with E-state index < -0.39 is 0 Å². The Kier molecular flexibility index (Phi) is 6.31. The van der Waals surface area contributed by atoms with Gasteiger partial charge in [-0.3, -0.25) is 9.89 Å². The van der Waals surface area contributed by atoms with Crippen molar-refractivity contribution in [2.24, 2.45) is 0 Å². The number of thiophene rings is 1. The number of thioether (sulfide) groups is 1. The van der Waals surface area contributed by atoms with Crippen LogP contribution in [0.4, 0.5) is 5.13 Å². The molecule has 3 heterocycles. The third kappa shape index (κ3) is 4.64. The van der Waals surface area contributed by atoms with E-state index in [0.29, 0.717) is 27.6 Å². The van der Waals surface area contributed by atoms with E-state index in [4.69, 9.17) is 9.47 Å². The molecule has 0 aliphatic carbocycles. The number of nitrogens with one attached hydrogen (secondary N) is 2. The van der Waals surface area contributed by atoms with Crippen LogP contribution < -0.4 is 14.8 Å². The Balaban J connectivity index is 1.36. The molecule has 0 fully saturated rings. The summed E-state index contributed by atoms with van der Waals surface area (Å²) in [6, 6.07) is 9.43. The van der Waals surface area contributed by atoms with Gasteiger partial charge in [0.2, 0.25) is 11.1 Å². The summed E-state index contributed by atoms with van der Waals surface area (Å²) < 4.78 is 10.6. The summed E-state index contributed by atoms with van der Waals surface area (Å²) in [6.45, 7) is 0. The van der Waals surface area contributed by atoms with Gasteiger partial charge < -0.3 is 14.8 Å². The fraction of sp³-hybridized carbons (Fsp3) is 0.158. The molecule has 8 nitrogen and oxygen atoms in total. The van der Waals surface area contributed by atoms with E-state index in [0.717, 1.165) is 16.1 Å². The number of rotatable bonds is 8. The first kappa shape index (κ1) is 20.4. The lowest BCUT2D eigenvalue weighted by molar-refractivity contribution is -0.113. The zero-order chi connectivity index (χ0) is 20.9. The molecule has 2 N–H and O–H groups in total. The molecule has 154 valence electrons. The maximum atomic E-state index is 12.3. The number of nitrogens with zero attached hydrogens (tertiary/aromatic N) is 3. The third-order valence-electron chi connectivity index (χ3n) is 3.99. The highest BCUT2D eigenvalue weighted by molar-refractivity contribution is 7.99. The zero-order valence-corrected chi connectivity index (χ0v) is 18.5. The number of carbonyl (C=O) groups excluding carboxylic acids is 1. The van der Waals surface area contributed by atoms with E-state index in [1.165, 1.54) is 23.1 Å². The van der Waals surface area contributed by atoms with Crippen LogP contribution in [0.2, 0.25) is 0 Å². The minimum absolute atomic E-state index is 0.176. The van der Waals surface area contributed by atoms with Gasteiger partial charge in [0.15, 0.2) is 11.0 Å². The first-order valence-corrected chi connectivity index (χ1v) is 11.5. The molecular weight excluding hydrogens is 442 g/mol. The minimum atomic E-state index is -0.176. The number of anilines is 1. The molecule has 0 atom stereocenters. The topological polar surface area (TPSA) is 102 Å². The van der Waals surface area contributed by atoms with Crippen LogP contribution in [0, 0.1) is 0 Å². The lowest BCUT2D eigenvalue weighted by Crippen LogP contribution is -2.13. The number of ether oxygens (including phenoxy) is 2. The summed E-state index contributed by atoms with van der Waals surface area (Å²) in [6.07, 6.45) is 0. The van der Waals surface area contributed by atoms with E-state index >= 15 is 0 Å². The number of carbonyl (C=O) groups is 1. The van der Waals surface area contributed by atoms with Crippen molar-refractivity contribution >= 4 is 45.5 Å². The number of aromatic amines is 1. The second kappa shape index (κ2) is 9.28. The number of benzene rings is 1. The van der Waals surface area contributed by atoms with Gasteiger partial charge in [0.1, 0.15) is 11.5 Å². The van der Waals surface area contributed by atoms with E-state index in [-0.39, 0.29) is 11.7 Å². The van der Waals surface area contributed by atoms with Crippen molar-refractivity contribution in [3.8, 4) is 33.5 Å². The van der Waals surface area contributed by atoms with E-state index in [1.54, 1.807) is 31.6 Å². The SMILES string of the molecule is COc1ccc(-c2csc(NC(=O)CSc3n[nH]c(-c4cccs4)n3)n2)c(OC)c1. The Bertz CT molecular complexity index is 1140. The van der Waals surface area contributed by atoms with Crippen molar-refractivity contribution < 1.29 is 14.3 Å². The lowest BCUT2D eigenvalue weighted by atomic mass is 10.1. The molecule has 4 rings (SSSR count). The molecule has 0 aliphatic heterocycles. The quantitative estimate of drug-likeness (QED) is 0.376. The van der Waals surface area contributed by atoms with Gasteiger partial charge in [-0.15, -0.1) is 27.8 Å². The summed E-state index contributed by atoms with van der Waals surface area (Å²) in [7, 11) is 3.20. The van der Waals surface area contributed by atoms with Crippen LogP contribution in [0.3, 0.4) is 0 Å². The molecule has 3 aromatic heterocycles. The Morgan fingerprint density at radius 1 is 1.20 bits per heavy atom. The normalized spacial score (nSPS) is 10.7. The molecule has 0 radical (unpaired) electrons. The van der Waals surface area contributed by atoms with Gasteiger partial charge in [-0.2, -0.15) is 0 Å². The van der Waals surface area contributed by atoms with Gasteiger partial charge in [0.05, 0.1) is 30.5 Å². The first-order chi connectivity index (χ1) is 14.7. The molecule has 0 bridgehead atoms. The second-order valence-electron chi connectivity index (χ2n) is 5.88. The predicted octanol–water partition coefficient (Wildman–Crippen LogP) is 4.40. The summed E-state index contributed by atoms with van der Waals surface area (Å²) in [5.74, 6) is 2.06. The van der Waals surface area contributed by atoms with Crippen molar-refractivity contribution in [1.82, 2.24) is 20.2 Å². The molecule has 0 saturated carbocycles. The molecule has 11 heteroatoms. The maximum Gasteiger partial charge on any atom is 0.236 e. The standard InChI is InChI=1S/C19H17N5O3S3/c1-26-11-5-6-12(14(8-11)27-2)13-9-29-18(20-13)21-16(25)10-30-19-22-17(23-24-19)15-4-3-7-28-15/h3-9H,10H2,1-2H3,(H,20,21,25)(H,22,23,24). The van der Waals surface area contributed by atoms with Crippen LogP contribution in [0.1, 0.15) is 0 Å². The van der Waals surface area contributed by atoms with Crippen LogP contribution in [-0.4, -0.2) is 46.0 Å². The molecular formula is C19H17N5O3S3. The highest BCUT2D eigenvalue weighted by atomic mass is 32.2. The van der Waals surface area contributed by atoms with E-state index in [1.807, 2.05) is 35.0 Å². The van der Waals surface area contributed by atoms with Gasteiger partial charge in [-0.05, 0) is 23.6 Å². The maximum absolute atomic E-state index is 12.3. The van der Waals surface area contributed by atoms with Gasteiger partial charge in [-0.25, -0.2) is 9.97 Å². The fourth-order valence-electron chi connectivity index (χ4n) is 2.58. The fourth-order valence-corrected chi connectivity index (χ4v) is 4.57. The molecule has 0 saturated heterocycles. The molecule has 1 aromatic carbocycles. The molecule has 0 aliphatic rings. The molecule has 4 aromatic rings. The highest BCUT2D eigenvalue weighted by Gasteiger charge is 2.14. The van der Waals surface area contributed by atoms with Crippen LogP contribution in [0.5, 0.6) is 11.5 Å². The van der Waals surface area contributed by atoms with Crippen LogP contribution in [0.15, 0.2) is 46.2 Å². The summed E-state index contributed by atoms with van der Waals surface area (Å²) >= 11 is 4.19. The molecule has 30 heavy (non-hydrogen) atoms. The summed E-state index contributed by atoms with van der Waals surface area (Å²) in [4.78, 5) is 22.2. The Labute approximate surface area is 184 Å². The smallest absolute Gasteiger partial charge is 0.236 e. The number of methoxy groups -OCH3 is 2. The number of amides is 1. The number of H-pyrrole nitrogens is 1. The van der Waals surface area contributed by atoms with Crippen molar-refractivity contribution in [3.05, 3.63) is 41.1 Å². The van der Waals surface area contributed by atoms with Crippen molar-refractivity contribution in [1.29, 1.82) is 0 Å². The Morgan fingerprint density at radius 3 is 2.87 bits per heavy atom. The van der Waals surface area contributed by atoms with Crippen molar-refractivity contribution in [2.45, 2.75) is 5.16 Å². The number of hydrogen-bond acceptors (Lipinski definition) is 9. The number of thiazole rings is 1.